The van der Waals surface area contributed by atoms with Crippen LogP contribution in [-0.4, -0.2) is 36.6 Å². The Hall–Kier alpha value is -3.08. The van der Waals surface area contributed by atoms with Gasteiger partial charge in [0.25, 0.3) is 11.8 Å². The number of carboxylic acids is 1. The van der Waals surface area contributed by atoms with E-state index >= 15 is 0 Å². The Morgan fingerprint density at radius 3 is 2.61 bits per heavy atom. The van der Waals surface area contributed by atoms with Gasteiger partial charge in [-0.3, -0.25) is 15.0 Å². The summed E-state index contributed by atoms with van der Waals surface area (Å²) in [5, 5.41) is 9.97. The van der Waals surface area contributed by atoms with Gasteiger partial charge in [0.05, 0.1) is 16.4 Å². The molecule has 3 rings (SSSR count). The third-order valence-electron chi connectivity index (χ3n) is 3.81. The smallest absolute Gasteiger partial charge is 0.341 e. The van der Waals surface area contributed by atoms with Gasteiger partial charge in [0.1, 0.15) is 5.57 Å². The number of carboxylic acid groups (broad SMARTS) is 1. The average molecular weight is 494 g/mol. The minimum absolute atomic E-state index is 0.0269. The van der Waals surface area contributed by atoms with Gasteiger partial charge < -0.3 is 14.6 Å². The number of ether oxygens (including phenoxy) is 2. The van der Waals surface area contributed by atoms with Crippen molar-refractivity contribution < 1.29 is 29.0 Å². The van der Waals surface area contributed by atoms with E-state index in [0.29, 0.717) is 20.6 Å². The molecule has 1 aliphatic heterocycles. The Morgan fingerprint density at radius 2 is 1.96 bits per heavy atom. The molecule has 0 aromatic heterocycles. The van der Waals surface area contributed by atoms with Gasteiger partial charge in [0.2, 0.25) is 0 Å². The number of carbonyl (C=O) groups excluding carboxylic acids is 2. The van der Waals surface area contributed by atoms with E-state index in [0.717, 1.165) is 0 Å². The first-order valence-corrected chi connectivity index (χ1v) is 9.13. The minimum atomic E-state index is -1.11. The summed E-state index contributed by atoms with van der Waals surface area (Å²) in [6.07, 6.45) is 1.45. The second-order valence-corrected chi connectivity index (χ2v) is 6.85. The molecule has 0 unspecified atom stereocenters. The van der Waals surface area contributed by atoms with Crippen LogP contribution >= 0.6 is 22.6 Å². The van der Waals surface area contributed by atoms with Crippen molar-refractivity contribution in [2.45, 2.75) is 0 Å². The first kappa shape index (κ1) is 19.7. The van der Waals surface area contributed by atoms with Crippen LogP contribution in [0.3, 0.4) is 0 Å². The molecular formula is C19H15IN2O6. The Morgan fingerprint density at radius 1 is 1.25 bits per heavy atom. The molecule has 0 aliphatic carbocycles. The van der Waals surface area contributed by atoms with Crippen LogP contribution in [0, 0.1) is 3.57 Å². The van der Waals surface area contributed by atoms with Crippen molar-refractivity contribution in [3.05, 3.63) is 57.2 Å². The topological polar surface area (TPSA) is 105 Å². The number of hydrogen-bond donors (Lipinski definition) is 2. The van der Waals surface area contributed by atoms with Gasteiger partial charge in [-0.05, 0) is 58.5 Å². The zero-order valence-corrected chi connectivity index (χ0v) is 16.8. The van der Waals surface area contributed by atoms with Crippen LogP contribution in [0.4, 0.5) is 5.69 Å². The number of nitrogens with zero attached hydrogens (tertiary/aromatic N) is 1. The molecule has 0 saturated carbocycles. The van der Waals surface area contributed by atoms with Crippen molar-refractivity contribution in [1.29, 1.82) is 0 Å². The van der Waals surface area contributed by atoms with Crippen molar-refractivity contribution in [3.8, 4) is 11.5 Å². The van der Waals surface area contributed by atoms with Crippen LogP contribution in [0.5, 0.6) is 11.5 Å². The predicted octanol–water partition coefficient (Wildman–Crippen LogP) is 2.22. The number of anilines is 1. The summed E-state index contributed by atoms with van der Waals surface area (Å²) in [7, 11) is 1.42. The van der Waals surface area contributed by atoms with Gasteiger partial charge in [-0.2, -0.15) is 0 Å². The number of nitrogens with one attached hydrogen (secondary N) is 1. The molecular weight excluding hydrogens is 479 g/mol. The molecule has 0 radical (unpaired) electrons. The largest absolute Gasteiger partial charge is 0.493 e. The van der Waals surface area contributed by atoms with E-state index in [2.05, 4.69) is 5.43 Å². The monoisotopic (exact) mass is 494 g/mol. The first-order valence-electron chi connectivity index (χ1n) is 8.05. The van der Waals surface area contributed by atoms with E-state index in [9.17, 15) is 14.4 Å². The SMILES string of the molecule is COc1cc(/C=C2/C(=O)NN(c3ccccc3)C2=O)cc(I)c1OCC(=O)O. The maximum Gasteiger partial charge on any atom is 0.341 e. The predicted molar refractivity (Wildman–Crippen MR) is 109 cm³/mol. The summed E-state index contributed by atoms with van der Waals surface area (Å²) in [6.45, 7) is -0.514. The molecule has 0 spiro atoms. The number of halogens is 1. The van der Waals surface area contributed by atoms with E-state index in [-0.39, 0.29) is 11.3 Å². The molecule has 1 heterocycles. The van der Waals surface area contributed by atoms with Crippen molar-refractivity contribution >= 4 is 52.1 Å². The van der Waals surface area contributed by atoms with E-state index < -0.39 is 24.4 Å². The molecule has 28 heavy (non-hydrogen) atoms. The number of aliphatic carboxylic acids is 1. The van der Waals surface area contributed by atoms with E-state index in [4.69, 9.17) is 14.6 Å². The highest BCUT2D eigenvalue weighted by atomic mass is 127. The number of benzene rings is 2. The minimum Gasteiger partial charge on any atom is -0.493 e. The van der Waals surface area contributed by atoms with Crippen molar-refractivity contribution in [3.63, 3.8) is 0 Å². The highest BCUT2D eigenvalue weighted by Crippen LogP contribution is 2.35. The molecule has 2 aromatic carbocycles. The number of rotatable bonds is 6. The number of hydrazine groups is 1. The Labute approximate surface area is 173 Å². The summed E-state index contributed by atoms with van der Waals surface area (Å²) in [5.74, 6) is -1.53. The highest BCUT2D eigenvalue weighted by Gasteiger charge is 2.34. The Bertz CT molecular complexity index is 974. The summed E-state index contributed by atoms with van der Waals surface area (Å²) in [5.41, 5.74) is 3.59. The van der Waals surface area contributed by atoms with Crippen LogP contribution in [0.1, 0.15) is 5.56 Å². The van der Waals surface area contributed by atoms with Crippen LogP contribution in [-0.2, 0) is 14.4 Å². The maximum atomic E-state index is 12.7. The average Bonchev–Trinajstić information content (AvgIpc) is 2.95. The lowest BCUT2D eigenvalue weighted by atomic mass is 10.1. The summed E-state index contributed by atoms with van der Waals surface area (Å²) in [4.78, 5) is 35.7. The molecule has 2 aromatic rings. The van der Waals surface area contributed by atoms with Gasteiger partial charge in [-0.25, -0.2) is 9.80 Å². The van der Waals surface area contributed by atoms with Crippen LogP contribution in [0.2, 0.25) is 0 Å². The fourth-order valence-corrected chi connectivity index (χ4v) is 3.36. The van der Waals surface area contributed by atoms with Gasteiger partial charge in [-0.15, -0.1) is 0 Å². The molecule has 2 N–H and O–H groups in total. The standard InChI is InChI=1S/C19H15IN2O6/c1-27-15-9-11(8-14(20)17(15)28-10-16(23)24)7-13-18(25)21-22(19(13)26)12-5-3-2-4-6-12/h2-9H,10H2,1H3,(H,21,25)(H,23,24)/b13-7-. The third-order valence-corrected chi connectivity index (χ3v) is 4.61. The van der Waals surface area contributed by atoms with Crippen molar-refractivity contribution in [2.75, 3.05) is 18.7 Å². The van der Waals surface area contributed by atoms with E-state index in [1.807, 2.05) is 28.7 Å². The van der Waals surface area contributed by atoms with E-state index in [1.165, 1.54) is 18.2 Å². The van der Waals surface area contributed by atoms with Crippen molar-refractivity contribution in [1.82, 2.24) is 5.43 Å². The fraction of sp³-hybridized carbons (Fsp3) is 0.105. The van der Waals surface area contributed by atoms with Gasteiger partial charge in [0, 0.05) is 0 Å². The molecule has 1 aliphatic rings. The number of carbonyl (C=O) groups is 3. The molecule has 9 heteroatoms. The Balaban J connectivity index is 1.92. The molecule has 8 nitrogen and oxygen atoms in total. The molecule has 0 bridgehead atoms. The summed E-state index contributed by atoms with van der Waals surface area (Å²) < 4.78 is 11.1. The van der Waals surface area contributed by atoms with Crippen LogP contribution in [0.15, 0.2) is 48.0 Å². The molecule has 1 saturated heterocycles. The van der Waals surface area contributed by atoms with Crippen molar-refractivity contribution in [2.24, 2.45) is 0 Å². The lowest BCUT2D eigenvalue weighted by Gasteiger charge is -2.14. The normalized spacial score (nSPS) is 14.9. The lowest BCUT2D eigenvalue weighted by Crippen LogP contribution is -2.35. The lowest BCUT2D eigenvalue weighted by molar-refractivity contribution is -0.139. The second-order valence-electron chi connectivity index (χ2n) is 5.69. The summed E-state index contributed by atoms with van der Waals surface area (Å²) >= 11 is 1.97. The zero-order valence-electron chi connectivity index (χ0n) is 14.6. The fourth-order valence-electron chi connectivity index (χ4n) is 2.58. The third kappa shape index (κ3) is 4.09. The van der Waals surface area contributed by atoms with Crippen LogP contribution < -0.4 is 19.9 Å². The number of amides is 2. The highest BCUT2D eigenvalue weighted by molar-refractivity contribution is 14.1. The van der Waals surface area contributed by atoms with E-state index in [1.54, 1.807) is 36.4 Å². The summed E-state index contributed by atoms with van der Waals surface area (Å²) in [6, 6.07) is 12.0. The second kappa shape index (κ2) is 8.30. The maximum absolute atomic E-state index is 12.7. The molecule has 0 atom stereocenters. The quantitative estimate of drug-likeness (QED) is 0.363. The number of methoxy groups -OCH3 is 1. The van der Waals surface area contributed by atoms with Crippen LogP contribution in [0.25, 0.3) is 6.08 Å². The molecule has 2 amide bonds. The Kier molecular flexibility index (Phi) is 5.83. The first-order chi connectivity index (χ1) is 13.4. The van der Waals surface area contributed by atoms with Gasteiger partial charge in [-0.1, -0.05) is 18.2 Å². The number of hydrogen-bond acceptors (Lipinski definition) is 5. The van der Waals surface area contributed by atoms with Gasteiger partial charge in [0.15, 0.2) is 18.1 Å². The molecule has 144 valence electrons. The number of para-hydroxylation sites is 1. The zero-order chi connectivity index (χ0) is 20.3. The van der Waals surface area contributed by atoms with Gasteiger partial charge >= 0.3 is 5.97 Å². The molecule has 1 fully saturated rings.